The second kappa shape index (κ2) is 4.31. The first-order valence-corrected chi connectivity index (χ1v) is 5.58. The number of imidazole rings is 1. The Bertz CT molecular complexity index is 506. The van der Waals surface area contributed by atoms with Crippen LogP contribution in [0.5, 0.6) is 0 Å². The van der Waals surface area contributed by atoms with Crippen LogP contribution in [-0.2, 0) is 7.05 Å². The Balaban J connectivity index is 2.43. The molecule has 0 saturated carbocycles. The Morgan fingerprint density at radius 2 is 2.31 bits per heavy atom. The predicted molar refractivity (Wildman–Crippen MR) is 67.9 cm³/mol. The summed E-state index contributed by atoms with van der Waals surface area (Å²) >= 11 is 5.92. The normalized spacial score (nSPS) is 13.0. The molecule has 1 heterocycles. The summed E-state index contributed by atoms with van der Waals surface area (Å²) in [5.74, 6) is 0.815. The fraction of sp³-hybridized carbons (Fsp3) is 0.364. The number of aryl methyl sites for hydroxylation is 1. The summed E-state index contributed by atoms with van der Waals surface area (Å²) in [5.41, 5.74) is 7.51. The highest BCUT2D eigenvalue weighted by molar-refractivity contribution is 6.31. The van der Waals surface area contributed by atoms with Crippen LogP contribution in [0.25, 0.3) is 11.0 Å². The van der Waals surface area contributed by atoms with Gasteiger partial charge in [-0.3, -0.25) is 0 Å². The Hall–Kier alpha value is -1.26. The summed E-state index contributed by atoms with van der Waals surface area (Å²) in [6.07, 6.45) is 0. The van der Waals surface area contributed by atoms with E-state index < -0.39 is 0 Å². The second-order valence-electron chi connectivity index (χ2n) is 3.91. The summed E-state index contributed by atoms with van der Waals surface area (Å²) < 4.78 is 2.00. The monoisotopic (exact) mass is 238 g/mol. The van der Waals surface area contributed by atoms with Gasteiger partial charge in [-0.1, -0.05) is 11.6 Å². The molecule has 2 rings (SSSR count). The van der Waals surface area contributed by atoms with Crippen LogP contribution >= 0.6 is 11.6 Å². The van der Waals surface area contributed by atoms with Crippen LogP contribution in [0, 0.1) is 0 Å². The molecule has 0 amide bonds. The van der Waals surface area contributed by atoms with Crippen molar-refractivity contribution < 1.29 is 0 Å². The topological polar surface area (TPSA) is 55.9 Å². The van der Waals surface area contributed by atoms with E-state index in [0.717, 1.165) is 17.0 Å². The molecule has 86 valence electrons. The number of hydrogen-bond acceptors (Lipinski definition) is 3. The molecule has 0 fully saturated rings. The average molecular weight is 239 g/mol. The molecule has 0 aliphatic carbocycles. The van der Waals surface area contributed by atoms with Crippen molar-refractivity contribution >= 4 is 28.6 Å². The molecule has 0 bridgehead atoms. The molecule has 4 nitrogen and oxygen atoms in total. The number of benzene rings is 1. The van der Waals surface area contributed by atoms with Gasteiger partial charge in [-0.2, -0.15) is 0 Å². The first kappa shape index (κ1) is 11.2. The third-order valence-corrected chi connectivity index (χ3v) is 2.81. The summed E-state index contributed by atoms with van der Waals surface area (Å²) in [7, 11) is 1.97. The molecule has 5 heteroatoms. The molecular formula is C11H15ClN4. The Morgan fingerprint density at radius 3 is 3.00 bits per heavy atom. The standard InChI is InChI=1S/C11H15ClN4/c1-7(6-13)14-11-15-9-5-8(12)3-4-10(9)16(11)2/h3-5,7H,6,13H2,1-2H3,(H,14,15). The number of halogens is 1. The molecule has 1 unspecified atom stereocenters. The van der Waals surface area contributed by atoms with Crippen LogP contribution in [0.3, 0.4) is 0 Å². The molecule has 2 aromatic rings. The number of nitrogens with one attached hydrogen (secondary N) is 1. The predicted octanol–water partition coefficient (Wildman–Crippen LogP) is 1.99. The van der Waals surface area contributed by atoms with Gasteiger partial charge in [-0.25, -0.2) is 4.98 Å². The highest BCUT2D eigenvalue weighted by Crippen LogP contribution is 2.21. The first-order valence-electron chi connectivity index (χ1n) is 5.20. The van der Waals surface area contributed by atoms with E-state index in [1.54, 1.807) is 0 Å². The van der Waals surface area contributed by atoms with Gasteiger partial charge in [0.15, 0.2) is 0 Å². The third-order valence-electron chi connectivity index (χ3n) is 2.57. The van der Waals surface area contributed by atoms with Gasteiger partial charge >= 0.3 is 0 Å². The zero-order valence-electron chi connectivity index (χ0n) is 9.37. The van der Waals surface area contributed by atoms with E-state index in [2.05, 4.69) is 10.3 Å². The van der Waals surface area contributed by atoms with E-state index in [4.69, 9.17) is 17.3 Å². The molecule has 0 saturated heterocycles. The maximum absolute atomic E-state index is 5.92. The molecular weight excluding hydrogens is 224 g/mol. The molecule has 1 atom stereocenters. The molecule has 0 spiro atoms. The Labute approximate surface area is 99.4 Å². The van der Waals surface area contributed by atoms with Gasteiger partial charge in [-0.15, -0.1) is 0 Å². The first-order chi connectivity index (χ1) is 7.61. The summed E-state index contributed by atoms with van der Waals surface area (Å²) in [4.78, 5) is 4.47. The van der Waals surface area contributed by atoms with Crippen molar-refractivity contribution in [1.29, 1.82) is 0 Å². The molecule has 1 aromatic heterocycles. The van der Waals surface area contributed by atoms with Gasteiger partial charge < -0.3 is 15.6 Å². The van der Waals surface area contributed by atoms with Crippen LogP contribution in [0.1, 0.15) is 6.92 Å². The van der Waals surface area contributed by atoms with E-state index in [1.165, 1.54) is 0 Å². The average Bonchev–Trinajstić information content (AvgIpc) is 2.55. The molecule has 0 aliphatic rings. The van der Waals surface area contributed by atoms with Gasteiger partial charge in [0, 0.05) is 24.7 Å². The zero-order chi connectivity index (χ0) is 11.7. The number of anilines is 1. The van der Waals surface area contributed by atoms with Crippen LogP contribution in [0.2, 0.25) is 5.02 Å². The van der Waals surface area contributed by atoms with Crippen molar-refractivity contribution in [2.45, 2.75) is 13.0 Å². The Kier molecular flexibility index (Phi) is 3.03. The number of nitrogens with two attached hydrogens (primary N) is 1. The molecule has 0 radical (unpaired) electrons. The Morgan fingerprint density at radius 1 is 1.56 bits per heavy atom. The van der Waals surface area contributed by atoms with Crippen molar-refractivity contribution in [3.63, 3.8) is 0 Å². The third kappa shape index (κ3) is 1.99. The lowest BCUT2D eigenvalue weighted by Crippen LogP contribution is -2.26. The maximum Gasteiger partial charge on any atom is 0.203 e. The summed E-state index contributed by atoms with van der Waals surface area (Å²) in [5, 5.41) is 3.95. The van der Waals surface area contributed by atoms with Crippen LogP contribution in [0.4, 0.5) is 5.95 Å². The lowest BCUT2D eigenvalue weighted by molar-refractivity contribution is 0.777. The van der Waals surface area contributed by atoms with Crippen molar-refractivity contribution in [1.82, 2.24) is 9.55 Å². The minimum absolute atomic E-state index is 0.200. The van der Waals surface area contributed by atoms with E-state index in [0.29, 0.717) is 11.6 Å². The van der Waals surface area contributed by atoms with Gasteiger partial charge in [0.05, 0.1) is 11.0 Å². The van der Waals surface area contributed by atoms with Gasteiger partial charge in [0.1, 0.15) is 0 Å². The van der Waals surface area contributed by atoms with Gasteiger partial charge in [-0.05, 0) is 25.1 Å². The lowest BCUT2D eigenvalue weighted by atomic mass is 10.3. The van der Waals surface area contributed by atoms with E-state index in [9.17, 15) is 0 Å². The van der Waals surface area contributed by atoms with E-state index >= 15 is 0 Å². The van der Waals surface area contributed by atoms with Crippen molar-refractivity contribution in [2.75, 3.05) is 11.9 Å². The largest absolute Gasteiger partial charge is 0.352 e. The van der Waals surface area contributed by atoms with Crippen molar-refractivity contribution in [3.05, 3.63) is 23.2 Å². The van der Waals surface area contributed by atoms with Crippen molar-refractivity contribution in [3.8, 4) is 0 Å². The lowest BCUT2D eigenvalue weighted by Gasteiger charge is -2.11. The number of nitrogens with zero attached hydrogens (tertiary/aromatic N) is 2. The minimum atomic E-state index is 0.200. The number of aromatic nitrogens is 2. The summed E-state index contributed by atoms with van der Waals surface area (Å²) in [6.45, 7) is 2.59. The van der Waals surface area contributed by atoms with Crippen LogP contribution in [0.15, 0.2) is 18.2 Å². The zero-order valence-corrected chi connectivity index (χ0v) is 10.1. The number of hydrogen-bond donors (Lipinski definition) is 2. The van der Waals surface area contributed by atoms with Crippen molar-refractivity contribution in [2.24, 2.45) is 12.8 Å². The van der Waals surface area contributed by atoms with Gasteiger partial charge in [0.2, 0.25) is 5.95 Å². The summed E-state index contributed by atoms with van der Waals surface area (Å²) in [6, 6.07) is 5.88. The van der Waals surface area contributed by atoms with Gasteiger partial charge in [0.25, 0.3) is 0 Å². The fourth-order valence-electron chi connectivity index (χ4n) is 1.58. The molecule has 16 heavy (non-hydrogen) atoms. The minimum Gasteiger partial charge on any atom is -0.352 e. The van der Waals surface area contributed by atoms with E-state index in [-0.39, 0.29) is 6.04 Å². The SMILES string of the molecule is CC(CN)Nc1nc2cc(Cl)ccc2n1C. The van der Waals surface area contributed by atoms with Crippen LogP contribution < -0.4 is 11.1 Å². The highest BCUT2D eigenvalue weighted by Gasteiger charge is 2.09. The molecule has 0 aliphatic heterocycles. The quantitative estimate of drug-likeness (QED) is 0.860. The fourth-order valence-corrected chi connectivity index (χ4v) is 1.75. The maximum atomic E-state index is 5.92. The second-order valence-corrected chi connectivity index (χ2v) is 4.34. The van der Waals surface area contributed by atoms with Crippen LogP contribution in [-0.4, -0.2) is 22.1 Å². The van der Waals surface area contributed by atoms with E-state index in [1.807, 2.05) is 36.7 Å². The molecule has 3 N–H and O–H groups in total. The number of fused-ring (bicyclic) bond motifs is 1. The number of rotatable bonds is 3. The smallest absolute Gasteiger partial charge is 0.203 e. The molecule has 1 aromatic carbocycles. The highest BCUT2D eigenvalue weighted by atomic mass is 35.5.